The highest BCUT2D eigenvalue weighted by Crippen LogP contribution is 2.35. The molecule has 0 spiro atoms. The fourth-order valence-corrected chi connectivity index (χ4v) is 4.88. The largest absolute Gasteiger partial charge is 0.323 e. The van der Waals surface area contributed by atoms with E-state index in [4.69, 9.17) is 5.73 Å². The minimum atomic E-state index is -1.10. The maximum Gasteiger partial charge on any atom is 0.0628 e. The number of hydrogen-bond donors (Lipinski definition) is 1. The van der Waals surface area contributed by atoms with E-state index in [0.29, 0.717) is 0 Å². The summed E-state index contributed by atoms with van der Waals surface area (Å²) >= 11 is 3.47. The van der Waals surface area contributed by atoms with Gasteiger partial charge in [0.05, 0.1) is 20.9 Å². The molecule has 0 amide bonds. The van der Waals surface area contributed by atoms with Crippen LogP contribution in [0, 0.1) is 0 Å². The van der Waals surface area contributed by atoms with Crippen LogP contribution in [-0.4, -0.2) is 9.46 Å². The summed E-state index contributed by atoms with van der Waals surface area (Å²) in [4.78, 5) is 0.829. The van der Waals surface area contributed by atoms with Gasteiger partial charge in [-0.2, -0.15) is 0 Å². The average Bonchev–Trinajstić information content (AvgIpc) is 2.77. The molecule has 3 rings (SSSR count). The summed E-state index contributed by atoms with van der Waals surface area (Å²) in [5.74, 6) is 0. The molecule has 0 fully saturated rings. The molecule has 0 aromatic heterocycles. The molecule has 3 unspecified atom stereocenters. The van der Waals surface area contributed by atoms with E-state index < -0.39 is 10.8 Å². The zero-order valence-corrected chi connectivity index (χ0v) is 12.7. The van der Waals surface area contributed by atoms with Gasteiger partial charge in [-0.1, -0.05) is 36.4 Å². The molecular formula is C15H14BrNOS. The third-order valence-electron chi connectivity index (χ3n) is 3.56. The molecular weight excluding hydrogens is 322 g/mol. The number of rotatable bonds is 2. The SMILES string of the molecule is NC1c2ccccc2CC1S(=O)c1ccccc1Br. The first kappa shape index (κ1) is 13.0. The normalized spacial score (nSPS) is 23.1. The van der Waals surface area contributed by atoms with E-state index in [9.17, 15) is 4.21 Å². The second kappa shape index (κ2) is 5.19. The first-order valence-electron chi connectivity index (χ1n) is 6.17. The molecule has 0 saturated heterocycles. The minimum Gasteiger partial charge on any atom is -0.323 e. The minimum absolute atomic E-state index is 0.0453. The summed E-state index contributed by atoms with van der Waals surface area (Å²) < 4.78 is 13.6. The van der Waals surface area contributed by atoms with Crippen LogP contribution >= 0.6 is 15.9 Å². The van der Waals surface area contributed by atoms with Crippen molar-refractivity contribution in [2.24, 2.45) is 5.73 Å². The molecule has 2 N–H and O–H groups in total. The van der Waals surface area contributed by atoms with Crippen molar-refractivity contribution in [3.8, 4) is 0 Å². The molecule has 1 aliphatic carbocycles. The second-order valence-electron chi connectivity index (χ2n) is 4.70. The molecule has 4 heteroatoms. The zero-order valence-electron chi connectivity index (χ0n) is 10.3. The van der Waals surface area contributed by atoms with Crippen LogP contribution in [0.5, 0.6) is 0 Å². The van der Waals surface area contributed by atoms with Gasteiger partial charge in [-0.25, -0.2) is 0 Å². The summed E-state index contributed by atoms with van der Waals surface area (Å²) in [6.45, 7) is 0. The number of nitrogens with two attached hydrogens (primary N) is 1. The molecule has 19 heavy (non-hydrogen) atoms. The Morgan fingerprint density at radius 2 is 1.79 bits per heavy atom. The Morgan fingerprint density at radius 3 is 2.53 bits per heavy atom. The smallest absolute Gasteiger partial charge is 0.0628 e. The quantitative estimate of drug-likeness (QED) is 0.915. The highest BCUT2D eigenvalue weighted by Gasteiger charge is 2.34. The maximum absolute atomic E-state index is 12.7. The molecule has 2 nitrogen and oxygen atoms in total. The van der Waals surface area contributed by atoms with E-state index in [1.54, 1.807) is 0 Å². The Hall–Kier alpha value is -0.970. The van der Waals surface area contributed by atoms with Crippen LogP contribution in [0.2, 0.25) is 0 Å². The molecule has 2 aromatic rings. The average molecular weight is 336 g/mol. The summed E-state index contributed by atoms with van der Waals surface area (Å²) in [6, 6.07) is 15.6. The molecule has 0 bridgehead atoms. The van der Waals surface area contributed by atoms with Crippen molar-refractivity contribution in [3.63, 3.8) is 0 Å². The van der Waals surface area contributed by atoms with Crippen LogP contribution in [0.25, 0.3) is 0 Å². The number of halogens is 1. The van der Waals surface area contributed by atoms with Crippen LogP contribution in [0.1, 0.15) is 17.2 Å². The van der Waals surface area contributed by atoms with E-state index >= 15 is 0 Å². The lowest BCUT2D eigenvalue weighted by atomic mass is 10.1. The summed E-state index contributed by atoms with van der Waals surface area (Å²) in [5.41, 5.74) is 8.63. The van der Waals surface area contributed by atoms with E-state index in [2.05, 4.69) is 22.0 Å². The predicted octanol–water partition coefficient (Wildman–Crippen LogP) is 3.18. The maximum atomic E-state index is 12.7. The van der Waals surface area contributed by atoms with E-state index in [0.717, 1.165) is 21.4 Å². The number of benzene rings is 2. The molecule has 98 valence electrons. The molecule has 2 aromatic carbocycles. The van der Waals surface area contributed by atoms with Crippen molar-refractivity contribution in [3.05, 3.63) is 64.1 Å². The van der Waals surface area contributed by atoms with Gasteiger partial charge >= 0.3 is 0 Å². The number of fused-ring (bicyclic) bond motifs is 1. The predicted molar refractivity (Wildman–Crippen MR) is 81.4 cm³/mol. The molecule has 0 aliphatic heterocycles. The fourth-order valence-electron chi connectivity index (χ4n) is 2.57. The molecule has 3 atom stereocenters. The van der Waals surface area contributed by atoms with E-state index in [-0.39, 0.29) is 11.3 Å². The van der Waals surface area contributed by atoms with Gasteiger partial charge in [-0.05, 0) is 45.6 Å². The highest BCUT2D eigenvalue weighted by atomic mass is 79.9. The van der Waals surface area contributed by atoms with Gasteiger partial charge < -0.3 is 5.73 Å². The van der Waals surface area contributed by atoms with Crippen molar-refractivity contribution in [1.82, 2.24) is 0 Å². The molecule has 0 radical (unpaired) electrons. The van der Waals surface area contributed by atoms with Crippen molar-refractivity contribution in [2.75, 3.05) is 0 Å². The standard InChI is InChI=1S/C15H14BrNOS/c16-12-7-3-4-8-13(12)19(18)14-9-10-5-1-2-6-11(10)15(14)17/h1-8,14-15H,9,17H2. The van der Waals surface area contributed by atoms with Gasteiger partial charge in [-0.3, -0.25) is 4.21 Å². The summed E-state index contributed by atoms with van der Waals surface area (Å²) in [5, 5.41) is -0.0453. The van der Waals surface area contributed by atoms with Gasteiger partial charge in [0.1, 0.15) is 0 Å². The monoisotopic (exact) mass is 335 g/mol. The topological polar surface area (TPSA) is 43.1 Å². The Morgan fingerprint density at radius 1 is 1.11 bits per heavy atom. The van der Waals surface area contributed by atoms with E-state index in [1.165, 1.54) is 5.56 Å². The Bertz CT molecular complexity index is 644. The first-order chi connectivity index (χ1) is 9.18. The van der Waals surface area contributed by atoms with Gasteiger partial charge in [0, 0.05) is 10.5 Å². The van der Waals surface area contributed by atoms with Gasteiger partial charge in [-0.15, -0.1) is 0 Å². The Labute approximate surface area is 123 Å². The van der Waals surface area contributed by atoms with Gasteiger partial charge in [0.15, 0.2) is 0 Å². The van der Waals surface area contributed by atoms with Crippen LogP contribution in [-0.2, 0) is 17.2 Å². The van der Waals surface area contributed by atoms with E-state index in [1.807, 2.05) is 42.5 Å². The molecule has 0 heterocycles. The van der Waals surface area contributed by atoms with Crippen LogP contribution in [0.15, 0.2) is 57.9 Å². The van der Waals surface area contributed by atoms with Crippen LogP contribution in [0.4, 0.5) is 0 Å². The van der Waals surface area contributed by atoms with Crippen molar-refractivity contribution < 1.29 is 4.21 Å². The third-order valence-corrected chi connectivity index (χ3v) is 6.32. The lowest BCUT2D eigenvalue weighted by Gasteiger charge is -2.16. The van der Waals surface area contributed by atoms with Crippen molar-refractivity contribution in [2.45, 2.75) is 22.6 Å². The van der Waals surface area contributed by atoms with Crippen LogP contribution in [0.3, 0.4) is 0 Å². The highest BCUT2D eigenvalue weighted by molar-refractivity contribution is 9.10. The summed E-state index contributed by atoms with van der Waals surface area (Å²) in [6.07, 6.45) is 0.783. The Balaban J connectivity index is 1.94. The lowest BCUT2D eigenvalue weighted by Crippen LogP contribution is -2.26. The first-order valence-corrected chi connectivity index (χ1v) is 8.17. The van der Waals surface area contributed by atoms with Crippen LogP contribution < -0.4 is 5.73 Å². The molecule has 0 saturated carbocycles. The van der Waals surface area contributed by atoms with Crippen molar-refractivity contribution >= 4 is 26.7 Å². The third kappa shape index (κ3) is 2.29. The second-order valence-corrected chi connectivity index (χ2v) is 7.19. The Kier molecular flexibility index (Phi) is 3.56. The summed E-state index contributed by atoms with van der Waals surface area (Å²) in [7, 11) is -1.10. The van der Waals surface area contributed by atoms with Gasteiger partial charge in [0.2, 0.25) is 0 Å². The van der Waals surface area contributed by atoms with Gasteiger partial charge in [0.25, 0.3) is 0 Å². The van der Waals surface area contributed by atoms with Crippen molar-refractivity contribution in [1.29, 1.82) is 0 Å². The number of hydrogen-bond acceptors (Lipinski definition) is 2. The fraction of sp³-hybridized carbons (Fsp3) is 0.200. The lowest BCUT2D eigenvalue weighted by molar-refractivity contribution is 0.646. The zero-order chi connectivity index (χ0) is 13.4. The molecule has 1 aliphatic rings.